The SMILES string of the molecule is COC(=O)CCC(=O)N(C)c1ccc(OC)c(OC)c1. The number of carbonyl (C=O) groups is 2. The van der Waals surface area contributed by atoms with Crippen molar-refractivity contribution in [2.45, 2.75) is 12.8 Å². The molecule has 0 N–H and O–H groups in total. The minimum atomic E-state index is -0.404. The molecule has 6 nitrogen and oxygen atoms in total. The zero-order valence-electron chi connectivity index (χ0n) is 12.1. The van der Waals surface area contributed by atoms with E-state index in [-0.39, 0.29) is 18.7 Å². The predicted molar refractivity (Wildman–Crippen MR) is 74.2 cm³/mol. The number of nitrogens with zero attached hydrogens (tertiary/aromatic N) is 1. The first-order valence-electron chi connectivity index (χ1n) is 6.08. The van der Waals surface area contributed by atoms with Crippen LogP contribution in [0.25, 0.3) is 0 Å². The summed E-state index contributed by atoms with van der Waals surface area (Å²) in [5.41, 5.74) is 0.664. The largest absolute Gasteiger partial charge is 0.493 e. The van der Waals surface area contributed by atoms with E-state index in [9.17, 15) is 9.59 Å². The molecule has 1 rings (SSSR count). The third-order valence-corrected chi connectivity index (χ3v) is 2.90. The van der Waals surface area contributed by atoms with Crippen LogP contribution in [0.5, 0.6) is 11.5 Å². The van der Waals surface area contributed by atoms with Gasteiger partial charge in [0, 0.05) is 25.2 Å². The molecule has 0 fully saturated rings. The molecular formula is C14H19NO5. The standard InChI is InChI=1S/C14H19NO5/c1-15(13(16)7-8-14(17)20-4)10-5-6-11(18-2)12(9-10)19-3/h5-6,9H,7-8H2,1-4H3. The maximum absolute atomic E-state index is 12.0. The van der Waals surface area contributed by atoms with Gasteiger partial charge in [0.15, 0.2) is 11.5 Å². The Morgan fingerprint density at radius 2 is 1.70 bits per heavy atom. The molecule has 0 saturated carbocycles. The van der Waals surface area contributed by atoms with Gasteiger partial charge in [-0.2, -0.15) is 0 Å². The molecule has 0 bridgehead atoms. The average Bonchev–Trinajstić information content (AvgIpc) is 2.50. The minimum Gasteiger partial charge on any atom is -0.493 e. The topological polar surface area (TPSA) is 65.1 Å². The van der Waals surface area contributed by atoms with Gasteiger partial charge in [-0.25, -0.2) is 0 Å². The summed E-state index contributed by atoms with van der Waals surface area (Å²) in [5.74, 6) is 0.547. The number of hydrogen-bond acceptors (Lipinski definition) is 5. The molecule has 0 aliphatic carbocycles. The Bertz CT molecular complexity index is 486. The lowest BCUT2D eigenvalue weighted by Crippen LogP contribution is -2.26. The zero-order valence-corrected chi connectivity index (χ0v) is 12.1. The second-order valence-corrected chi connectivity index (χ2v) is 4.07. The summed E-state index contributed by atoms with van der Waals surface area (Å²) in [5, 5.41) is 0. The Hall–Kier alpha value is -2.24. The highest BCUT2D eigenvalue weighted by molar-refractivity contribution is 5.94. The van der Waals surface area contributed by atoms with Crippen LogP contribution in [0.3, 0.4) is 0 Å². The third kappa shape index (κ3) is 3.88. The van der Waals surface area contributed by atoms with Crippen molar-refractivity contribution in [1.82, 2.24) is 0 Å². The van der Waals surface area contributed by atoms with Crippen LogP contribution in [0, 0.1) is 0 Å². The Kier molecular flexibility index (Phi) is 5.83. The van der Waals surface area contributed by atoms with Gasteiger partial charge in [-0.1, -0.05) is 0 Å². The van der Waals surface area contributed by atoms with Gasteiger partial charge < -0.3 is 19.1 Å². The molecule has 1 amide bonds. The second kappa shape index (κ2) is 7.37. The smallest absolute Gasteiger partial charge is 0.306 e. The van der Waals surface area contributed by atoms with Crippen LogP contribution in [0.15, 0.2) is 18.2 Å². The van der Waals surface area contributed by atoms with Crippen LogP contribution >= 0.6 is 0 Å². The van der Waals surface area contributed by atoms with E-state index in [4.69, 9.17) is 9.47 Å². The molecular weight excluding hydrogens is 262 g/mol. The van der Waals surface area contributed by atoms with Crippen LogP contribution in [0.1, 0.15) is 12.8 Å². The maximum atomic E-state index is 12.0. The Labute approximate surface area is 118 Å². The van der Waals surface area contributed by atoms with Crippen molar-refractivity contribution in [2.75, 3.05) is 33.3 Å². The van der Waals surface area contributed by atoms with Crippen molar-refractivity contribution in [1.29, 1.82) is 0 Å². The zero-order chi connectivity index (χ0) is 15.1. The third-order valence-electron chi connectivity index (χ3n) is 2.90. The molecule has 0 unspecified atom stereocenters. The summed E-state index contributed by atoms with van der Waals surface area (Å²) < 4.78 is 14.8. The summed E-state index contributed by atoms with van der Waals surface area (Å²) in [4.78, 5) is 24.5. The van der Waals surface area contributed by atoms with Gasteiger partial charge in [-0.3, -0.25) is 9.59 Å². The van der Waals surface area contributed by atoms with Gasteiger partial charge in [0.1, 0.15) is 0 Å². The van der Waals surface area contributed by atoms with Gasteiger partial charge in [0.2, 0.25) is 5.91 Å². The van der Waals surface area contributed by atoms with Crippen molar-refractivity contribution < 1.29 is 23.8 Å². The summed E-state index contributed by atoms with van der Waals surface area (Å²) in [6.45, 7) is 0. The molecule has 1 aromatic carbocycles. The average molecular weight is 281 g/mol. The van der Waals surface area contributed by atoms with E-state index < -0.39 is 5.97 Å². The molecule has 1 aromatic rings. The maximum Gasteiger partial charge on any atom is 0.306 e. The molecule has 0 aliphatic rings. The summed E-state index contributed by atoms with van der Waals surface area (Å²) in [7, 11) is 6.01. The van der Waals surface area contributed by atoms with Gasteiger partial charge in [-0.15, -0.1) is 0 Å². The Balaban J connectivity index is 2.78. The highest BCUT2D eigenvalue weighted by atomic mass is 16.5. The highest BCUT2D eigenvalue weighted by Crippen LogP contribution is 2.31. The first kappa shape index (κ1) is 15.8. The summed E-state index contributed by atoms with van der Waals surface area (Å²) in [6, 6.07) is 5.17. The van der Waals surface area contributed by atoms with E-state index in [2.05, 4.69) is 4.74 Å². The molecule has 0 saturated heterocycles. The van der Waals surface area contributed by atoms with E-state index in [1.54, 1.807) is 32.4 Å². The van der Waals surface area contributed by atoms with Crippen LogP contribution in [-0.4, -0.2) is 40.3 Å². The number of methoxy groups -OCH3 is 3. The molecule has 0 aliphatic heterocycles. The van der Waals surface area contributed by atoms with Crippen molar-refractivity contribution in [3.63, 3.8) is 0 Å². The molecule has 0 spiro atoms. The van der Waals surface area contributed by atoms with Crippen LogP contribution in [0.4, 0.5) is 5.69 Å². The van der Waals surface area contributed by atoms with Gasteiger partial charge in [0.25, 0.3) is 0 Å². The van der Waals surface area contributed by atoms with E-state index in [1.807, 2.05) is 0 Å². The van der Waals surface area contributed by atoms with Gasteiger partial charge >= 0.3 is 5.97 Å². The number of rotatable bonds is 6. The number of amides is 1. The lowest BCUT2D eigenvalue weighted by Gasteiger charge is -2.18. The first-order valence-corrected chi connectivity index (χ1v) is 6.08. The quantitative estimate of drug-likeness (QED) is 0.741. The molecule has 6 heteroatoms. The molecule has 20 heavy (non-hydrogen) atoms. The highest BCUT2D eigenvalue weighted by Gasteiger charge is 2.15. The van der Waals surface area contributed by atoms with E-state index in [1.165, 1.54) is 19.1 Å². The van der Waals surface area contributed by atoms with Gasteiger partial charge in [0.05, 0.1) is 27.8 Å². The van der Waals surface area contributed by atoms with Crippen LogP contribution in [0.2, 0.25) is 0 Å². The summed E-state index contributed by atoms with van der Waals surface area (Å²) in [6.07, 6.45) is 0.157. The monoisotopic (exact) mass is 281 g/mol. The minimum absolute atomic E-state index is 0.0625. The number of hydrogen-bond donors (Lipinski definition) is 0. The molecule has 0 radical (unpaired) electrons. The predicted octanol–water partition coefficient (Wildman–Crippen LogP) is 1.62. The number of anilines is 1. The fourth-order valence-electron chi connectivity index (χ4n) is 1.66. The van der Waals surface area contributed by atoms with Crippen molar-refractivity contribution >= 4 is 17.6 Å². The fraction of sp³-hybridized carbons (Fsp3) is 0.429. The fourth-order valence-corrected chi connectivity index (χ4v) is 1.66. The van der Waals surface area contributed by atoms with Crippen molar-refractivity contribution in [3.05, 3.63) is 18.2 Å². The van der Waals surface area contributed by atoms with Crippen LogP contribution in [-0.2, 0) is 14.3 Å². The Morgan fingerprint density at radius 3 is 2.25 bits per heavy atom. The number of benzene rings is 1. The summed E-state index contributed by atoms with van der Waals surface area (Å²) >= 11 is 0. The molecule has 110 valence electrons. The number of esters is 1. The molecule has 0 atom stereocenters. The molecule has 0 heterocycles. The lowest BCUT2D eigenvalue weighted by molar-refractivity contribution is -0.141. The van der Waals surface area contributed by atoms with E-state index >= 15 is 0 Å². The number of carbonyl (C=O) groups excluding carboxylic acids is 2. The van der Waals surface area contributed by atoms with Gasteiger partial charge in [-0.05, 0) is 12.1 Å². The lowest BCUT2D eigenvalue weighted by atomic mass is 10.2. The van der Waals surface area contributed by atoms with Crippen molar-refractivity contribution in [3.8, 4) is 11.5 Å². The first-order chi connectivity index (χ1) is 9.53. The molecule has 0 aromatic heterocycles. The van der Waals surface area contributed by atoms with Crippen LogP contribution < -0.4 is 14.4 Å². The van der Waals surface area contributed by atoms with Crippen molar-refractivity contribution in [2.24, 2.45) is 0 Å². The van der Waals surface area contributed by atoms with E-state index in [0.717, 1.165) is 0 Å². The number of ether oxygens (including phenoxy) is 3. The second-order valence-electron chi connectivity index (χ2n) is 4.07. The Morgan fingerprint density at radius 1 is 1.05 bits per heavy atom. The normalized spacial score (nSPS) is 9.80. The van der Waals surface area contributed by atoms with E-state index in [0.29, 0.717) is 17.2 Å².